The summed E-state index contributed by atoms with van der Waals surface area (Å²) in [5.41, 5.74) is 3.28. The third kappa shape index (κ3) is 3.76. The summed E-state index contributed by atoms with van der Waals surface area (Å²) in [6.45, 7) is 4.19. The normalized spacial score (nSPS) is 10.9. The standard InChI is InChI=1S/C20H18Cl2N2O2/c1-12-4-3-5-15-13(2)10-19(26)24(20(12)15)9-8-18(25)23-14-6-7-16(21)17(22)11-14/h3-7,10-11H,8-9H2,1-2H3,(H,23,25). The largest absolute Gasteiger partial charge is 0.326 e. The number of fused-ring (bicyclic) bond motifs is 1. The van der Waals surface area contributed by atoms with Crippen LogP contribution in [-0.4, -0.2) is 10.5 Å². The Morgan fingerprint density at radius 2 is 1.81 bits per heavy atom. The lowest BCUT2D eigenvalue weighted by atomic mass is 10.1. The van der Waals surface area contributed by atoms with Crippen LogP contribution >= 0.6 is 23.2 Å². The molecule has 26 heavy (non-hydrogen) atoms. The lowest BCUT2D eigenvalue weighted by molar-refractivity contribution is -0.116. The van der Waals surface area contributed by atoms with Gasteiger partial charge < -0.3 is 9.88 Å². The van der Waals surface area contributed by atoms with Gasteiger partial charge in [-0.2, -0.15) is 0 Å². The molecule has 0 fully saturated rings. The highest BCUT2D eigenvalue weighted by molar-refractivity contribution is 6.42. The first kappa shape index (κ1) is 18.5. The van der Waals surface area contributed by atoms with Crippen molar-refractivity contribution < 1.29 is 4.79 Å². The topological polar surface area (TPSA) is 51.1 Å². The average Bonchev–Trinajstić information content (AvgIpc) is 2.58. The highest BCUT2D eigenvalue weighted by atomic mass is 35.5. The number of aromatic nitrogens is 1. The van der Waals surface area contributed by atoms with Gasteiger partial charge in [-0.1, -0.05) is 41.4 Å². The van der Waals surface area contributed by atoms with E-state index in [1.165, 1.54) is 0 Å². The number of benzene rings is 2. The number of amides is 1. The molecule has 1 N–H and O–H groups in total. The molecule has 0 bridgehead atoms. The van der Waals surface area contributed by atoms with Gasteiger partial charge in [0.1, 0.15) is 0 Å². The number of para-hydroxylation sites is 1. The first-order chi connectivity index (χ1) is 12.4. The van der Waals surface area contributed by atoms with Crippen molar-refractivity contribution in [3.05, 3.63) is 74.0 Å². The molecule has 134 valence electrons. The third-order valence-electron chi connectivity index (χ3n) is 4.30. The van der Waals surface area contributed by atoms with E-state index in [4.69, 9.17) is 23.2 Å². The van der Waals surface area contributed by atoms with Crippen LogP contribution < -0.4 is 10.9 Å². The van der Waals surface area contributed by atoms with E-state index in [1.54, 1.807) is 28.8 Å². The van der Waals surface area contributed by atoms with E-state index >= 15 is 0 Å². The summed E-state index contributed by atoms with van der Waals surface area (Å²) >= 11 is 11.8. The zero-order chi connectivity index (χ0) is 18.8. The molecule has 0 saturated carbocycles. The van der Waals surface area contributed by atoms with Crippen LogP contribution in [0.3, 0.4) is 0 Å². The number of nitrogens with zero attached hydrogens (tertiary/aromatic N) is 1. The number of hydrogen-bond acceptors (Lipinski definition) is 2. The van der Waals surface area contributed by atoms with Crippen molar-refractivity contribution in [1.29, 1.82) is 0 Å². The van der Waals surface area contributed by atoms with Gasteiger partial charge >= 0.3 is 0 Å². The molecular formula is C20H18Cl2N2O2. The van der Waals surface area contributed by atoms with Crippen LogP contribution in [-0.2, 0) is 11.3 Å². The Morgan fingerprint density at radius 3 is 2.54 bits per heavy atom. The number of anilines is 1. The van der Waals surface area contributed by atoms with Crippen molar-refractivity contribution in [2.45, 2.75) is 26.8 Å². The number of nitrogens with one attached hydrogen (secondary N) is 1. The van der Waals surface area contributed by atoms with Crippen molar-refractivity contribution in [3.8, 4) is 0 Å². The van der Waals surface area contributed by atoms with Gasteiger partial charge in [0, 0.05) is 30.1 Å². The zero-order valence-electron chi connectivity index (χ0n) is 14.5. The monoisotopic (exact) mass is 388 g/mol. The number of rotatable bonds is 4. The molecule has 0 aliphatic rings. The highest BCUT2D eigenvalue weighted by Crippen LogP contribution is 2.25. The van der Waals surface area contributed by atoms with Crippen molar-refractivity contribution in [2.24, 2.45) is 0 Å². The molecule has 1 heterocycles. The lowest BCUT2D eigenvalue weighted by Gasteiger charge is -2.14. The van der Waals surface area contributed by atoms with E-state index in [2.05, 4.69) is 5.32 Å². The first-order valence-corrected chi connectivity index (χ1v) is 8.97. The van der Waals surface area contributed by atoms with Gasteiger partial charge in [0.2, 0.25) is 5.91 Å². The molecule has 4 nitrogen and oxygen atoms in total. The Kier molecular flexibility index (Phi) is 5.35. The van der Waals surface area contributed by atoms with E-state index < -0.39 is 0 Å². The molecule has 0 atom stereocenters. The van der Waals surface area contributed by atoms with E-state index in [9.17, 15) is 9.59 Å². The summed E-state index contributed by atoms with van der Waals surface area (Å²) in [5.74, 6) is -0.197. The van der Waals surface area contributed by atoms with E-state index in [1.807, 2.05) is 32.0 Å². The molecule has 0 saturated heterocycles. The van der Waals surface area contributed by atoms with E-state index in [0.717, 1.165) is 22.0 Å². The Bertz CT molecular complexity index is 1060. The van der Waals surface area contributed by atoms with Crippen molar-refractivity contribution in [2.75, 3.05) is 5.32 Å². The van der Waals surface area contributed by atoms with Gasteiger partial charge in [-0.25, -0.2) is 0 Å². The van der Waals surface area contributed by atoms with Crippen molar-refractivity contribution in [3.63, 3.8) is 0 Å². The maximum Gasteiger partial charge on any atom is 0.251 e. The molecule has 0 unspecified atom stereocenters. The van der Waals surface area contributed by atoms with Crippen LogP contribution in [0.2, 0.25) is 10.0 Å². The fourth-order valence-electron chi connectivity index (χ4n) is 3.02. The van der Waals surface area contributed by atoms with Crippen molar-refractivity contribution >= 4 is 45.7 Å². The number of carbonyl (C=O) groups is 1. The van der Waals surface area contributed by atoms with Gasteiger partial charge in [-0.15, -0.1) is 0 Å². The first-order valence-electron chi connectivity index (χ1n) is 8.21. The average molecular weight is 389 g/mol. The maximum absolute atomic E-state index is 12.5. The maximum atomic E-state index is 12.5. The number of carbonyl (C=O) groups excluding carboxylic acids is 1. The molecule has 0 aliphatic heterocycles. The minimum Gasteiger partial charge on any atom is -0.326 e. The second kappa shape index (κ2) is 7.52. The molecule has 3 aromatic rings. The Morgan fingerprint density at radius 1 is 1.04 bits per heavy atom. The quantitative estimate of drug-likeness (QED) is 0.686. The Hall–Kier alpha value is -2.30. The van der Waals surface area contributed by atoms with Crippen LogP contribution in [0.25, 0.3) is 10.9 Å². The molecule has 0 radical (unpaired) electrons. The van der Waals surface area contributed by atoms with E-state index in [-0.39, 0.29) is 17.9 Å². The minimum atomic E-state index is -0.197. The summed E-state index contributed by atoms with van der Waals surface area (Å²) in [5, 5.41) is 4.60. The minimum absolute atomic E-state index is 0.105. The highest BCUT2D eigenvalue weighted by Gasteiger charge is 2.11. The lowest BCUT2D eigenvalue weighted by Crippen LogP contribution is -2.24. The fourth-order valence-corrected chi connectivity index (χ4v) is 3.32. The second-order valence-electron chi connectivity index (χ2n) is 6.22. The number of aryl methyl sites for hydroxylation is 3. The van der Waals surface area contributed by atoms with Gasteiger partial charge in [-0.05, 0) is 43.2 Å². The molecule has 1 aromatic heterocycles. The van der Waals surface area contributed by atoms with Crippen LogP contribution in [0, 0.1) is 13.8 Å². The van der Waals surface area contributed by atoms with Gasteiger partial charge in [0.15, 0.2) is 0 Å². The smallest absolute Gasteiger partial charge is 0.251 e. The molecule has 1 amide bonds. The van der Waals surface area contributed by atoms with E-state index in [0.29, 0.717) is 22.3 Å². The van der Waals surface area contributed by atoms with Crippen LogP contribution in [0.5, 0.6) is 0 Å². The molecule has 6 heteroatoms. The SMILES string of the molecule is Cc1cc(=O)n(CCC(=O)Nc2ccc(Cl)c(Cl)c2)c2c(C)cccc12. The summed E-state index contributed by atoms with van der Waals surface area (Å²) in [6.07, 6.45) is 0.173. The Balaban J connectivity index is 1.82. The summed E-state index contributed by atoms with van der Waals surface area (Å²) in [4.78, 5) is 24.7. The fraction of sp³-hybridized carbons (Fsp3) is 0.200. The van der Waals surface area contributed by atoms with Crippen LogP contribution in [0.1, 0.15) is 17.5 Å². The second-order valence-corrected chi connectivity index (χ2v) is 7.03. The molecule has 2 aromatic carbocycles. The summed E-state index contributed by atoms with van der Waals surface area (Å²) in [6, 6.07) is 12.4. The molecule has 0 aliphatic carbocycles. The molecule has 0 spiro atoms. The number of pyridine rings is 1. The zero-order valence-corrected chi connectivity index (χ0v) is 16.0. The predicted molar refractivity (Wildman–Crippen MR) is 107 cm³/mol. The Labute approximate surface area is 161 Å². The van der Waals surface area contributed by atoms with Crippen molar-refractivity contribution in [1.82, 2.24) is 4.57 Å². The van der Waals surface area contributed by atoms with Gasteiger partial charge in [0.05, 0.1) is 15.6 Å². The summed E-state index contributed by atoms with van der Waals surface area (Å²) in [7, 11) is 0. The van der Waals surface area contributed by atoms with Gasteiger partial charge in [-0.3, -0.25) is 9.59 Å². The third-order valence-corrected chi connectivity index (χ3v) is 5.04. The molecular weight excluding hydrogens is 371 g/mol. The number of halogens is 2. The van der Waals surface area contributed by atoms with Crippen LogP contribution in [0.15, 0.2) is 47.3 Å². The summed E-state index contributed by atoms with van der Waals surface area (Å²) < 4.78 is 1.66. The van der Waals surface area contributed by atoms with Gasteiger partial charge in [0.25, 0.3) is 5.56 Å². The molecule has 3 rings (SSSR count). The number of hydrogen-bond donors (Lipinski definition) is 1. The van der Waals surface area contributed by atoms with Crippen LogP contribution in [0.4, 0.5) is 5.69 Å². The predicted octanol–water partition coefficient (Wildman–Crippen LogP) is 4.95.